The van der Waals surface area contributed by atoms with Crippen molar-refractivity contribution in [2.24, 2.45) is 7.05 Å². The van der Waals surface area contributed by atoms with Crippen LogP contribution >= 0.6 is 11.3 Å². The molecular formula is C14H18N2O2S. The lowest BCUT2D eigenvalue weighted by atomic mass is 10.3. The fraction of sp³-hybridized carbons (Fsp3) is 0.429. The van der Waals surface area contributed by atoms with E-state index >= 15 is 0 Å². The van der Waals surface area contributed by atoms with Gasteiger partial charge in [-0.3, -0.25) is 0 Å². The van der Waals surface area contributed by atoms with Gasteiger partial charge in [0.25, 0.3) is 0 Å². The fourth-order valence-electron chi connectivity index (χ4n) is 1.78. The van der Waals surface area contributed by atoms with E-state index in [1.807, 2.05) is 30.0 Å². The first-order valence-corrected chi connectivity index (χ1v) is 7.22. The van der Waals surface area contributed by atoms with Crippen LogP contribution in [-0.2, 0) is 24.8 Å². The SMILES string of the molecule is CCCc1nc(COC(=O)c2ccc(C)n2C)cs1. The van der Waals surface area contributed by atoms with Gasteiger partial charge >= 0.3 is 5.97 Å². The standard InChI is InChI=1S/C14H18N2O2S/c1-4-5-13-15-11(9-19-13)8-18-14(17)12-7-6-10(2)16(12)3/h6-7,9H,4-5,8H2,1-3H3. The zero-order valence-electron chi connectivity index (χ0n) is 11.5. The summed E-state index contributed by atoms with van der Waals surface area (Å²) in [5, 5.41) is 3.05. The summed E-state index contributed by atoms with van der Waals surface area (Å²) in [6.07, 6.45) is 2.06. The second-order valence-corrected chi connectivity index (χ2v) is 5.42. The summed E-state index contributed by atoms with van der Waals surface area (Å²) in [6, 6.07) is 3.68. The molecule has 0 bridgehead atoms. The molecule has 0 aliphatic heterocycles. The minimum absolute atomic E-state index is 0.239. The van der Waals surface area contributed by atoms with E-state index in [-0.39, 0.29) is 12.6 Å². The van der Waals surface area contributed by atoms with Crippen LogP contribution in [0.15, 0.2) is 17.5 Å². The average Bonchev–Trinajstić information content (AvgIpc) is 2.96. The number of esters is 1. The Morgan fingerprint density at radius 2 is 2.26 bits per heavy atom. The second-order valence-electron chi connectivity index (χ2n) is 4.48. The van der Waals surface area contributed by atoms with E-state index in [0.29, 0.717) is 5.69 Å². The van der Waals surface area contributed by atoms with Crippen molar-refractivity contribution in [3.63, 3.8) is 0 Å². The Labute approximate surface area is 117 Å². The summed E-state index contributed by atoms with van der Waals surface area (Å²) in [5.41, 5.74) is 2.43. The Bertz CT molecular complexity index is 572. The van der Waals surface area contributed by atoms with E-state index in [9.17, 15) is 4.79 Å². The topological polar surface area (TPSA) is 44.1 Å². The Balaban J connectivity index is 1.94. The number of carbonyl (C=O) groups excluding carboxylic acids is 1. The van der Waals surface area contributed by atoms with Crippen molar-refractivity contribution in [3.05, 3.63) is 39.6 Å². The first-order valence-electron chi connectivity index (χ1n) is 6.34. The molecule has 2 heterocycles. The van der Waals surface area contributed by atoms with Gasteiger partial charge in [-0.05, 0) is 31.9 Å². The number of nitrogens with zero attached hydrogens (tertiary/aromatic N) is 2. The molecule has 2 aromatic heterocycles. The minimum atomic E-state index is -0.305. The van der Waals surface area contributed by atoms with E-state index in [4.69, 9.17) is 4.74 Å². The first kappa shape index (κ1) is 13.8. The Morgan fingerprint density at radius 3 is 2.89 bits per heavy atom. The average molecular weight is 278 g/mol. The molecule has 19 heavy (non-hydrogen) atoms. The molecule has 0 atom stereocenters. The molecule has 0 fully saturated rings. The quantitative estimate of drug-likeness (QED) is 0.789. The van der Waals surface area contributed by atoms with E-state index in [0.717, 1.165) is 29.2 Å². The summed E-state index contributed by atoms with van der Waals surface area (Å²) < 4.78 is 7.11. The van der Waals surface area contributed by atoms with Gasteiger partial charge in [-0.2, -0.15) is 0 Å². The zero-order chi connectivity index (χ0) is 13.8. The van der Waals surface area contributed by atoms with Gasteiger partial charge in [0.15, 0.2) is 0 Å². The van der Waals surface area contributed by atoms with Crippen LogP contribution in [0.25, 0.3) is 0 Å². The number of carbonyl (C=O) groups is 1. The molecule has 102 valence electrons. The van der Waals surface area contributed by atoms with Gasteiger partial charge in [-0.25, -0.2) is 9.78 Å². The van der Waals surface area contributed by atoms with Crippen molar-refractivity contribution in [1.82, 2.24) is 9.55 Å². The number of rotatable bonds is 5. The lowest BCUT2D eigenvalue weighted by Gasteiger charge is -2.05. The van der Waals surface area contributed by atoms with Gasteiger partial charge in [0.05, 0.1) is 10.7 Å². The number of aromatic nitrogens is 2. The van der Waals surface area contributed by atoms with Crippen molar-refractivity contribution in [3.8, 4) is 0 Å². The lowest BCUT2D eigenvalue weighted by molar-refractivity contribution is 0.0457. The third-order valence-corrected chi connectivity index (χ3v) is 3.95. The molecule has 0 amide bonds. The molecular weight excluding hydrogens is 260 g/mol. The van der Waals surface area contributed by atoms with Gasteiger partial charge in [-0.15, -0.1) is 11.3 Å². The zero-order valence-corrected chi connectivity index (χ0v) is 12.3. The van der Waals surface area contributed by atoms with Gasteiger partial charge < -0.3 is 9.30 Å². The third-order valence-electron chi connectivity index (χ3n) is 3.00. The van der Waals surface area contributed by atoms with Crippen LogP contribution in [0.2, 0.25) is 0 Å². The van der Waals surface area contributed by atoms with E-state index < -0.39 is 0 Å². The summed E-state index contributed by atoms with van der Waals surface area (Å²) in [5.74, 6) is -0.305. The highest BCUT2D eigenvalue weighted by atomic mass is 32.1. The maximum Gasteiger partial charge on any atom is 0.355 e. The number of hydrogen-bond donors (Lipinski definition) is 0. The van der Waals surface area contributed by atoms with Crippen LogP contribution in [-0.4, -0.2) is 15.5 Å². The van der Waals surface area contributed by atoms with Crippen LogP contribution in [0.3, 0.4) is 0 Å². The van der Waals surface area contributed by atoms with Crippen LogP contribution in [0.1, 0.15) is 40.2 Å². The molecule has 0 spiro atoms. The Kier molecular flexibility index (Phi) is 4.37. The largest absolute Gasteiger partial charge is 0.454 e. The molecule has 0 radical (unpaired) electrons. The summed E-state index contributed by atoms with van der Waals surface area (Å²) in [4.78, 5) is 16.3. The summed E-state index contributed by atoms with van der Waals surface area (Å²) >= 11 is 1.62. The normalized spacial score (nSPS) is 10.7. The molecule has 0 unspecified atom stereocenters. The van der Waals surface area contributed by atoms with Crippen molar-refractivity contribution in [1.29, 1.82) is 0 Å². The van der Waals surface area contributed by atoms with Crippen molar-refractivity contribution in [2.45, 2.75) is 33.3 Å². The van der Waals surface area contributed by atoms with Gasteiger partial charge in [-0.1, -0.05) is 6.92 Å². The Hall–Kier alpha value is -1.62. The van der Waals surface area contributed by atoms with Gasteiger partial charge in [0.1, 0.15) is 12.3 Å². The van der Waals surface area contributed by atoms with E-state index in [2.05, 4.69) is 11.9 Å². The van der Waals surface area contributed by atoms with E-state index in [1.54, 1.807) is 17.4 Å². The van der Waals surface area contributed by atoms with Crippen molar-refractivity contribution in [2.75, 3.05) is 0 Å². The number of thiazole rings is 1. The number of aryl methyl sites for hydroxylation is 2. The van der Waals surface area contributed by atoms with E-state index in [1.165, 1.54) is 0 Å². The molecule has 0 saturated heterocycles. The second kappa shape index (κ2) is 6.02. The monoisotopic (exact) mass is 278 g/mol. The highest BCUT2D eigenvalue weighted by Gasteiger charge is 2.13. The number of ether oxygens (including phenoxy) is 1. The predicted molar refractivity (Wildman–Crippen MR) is 75.4 cm³/mol. The molecule has 0 saturated carbocycles. The molecule has 4 nitrogen and oxygen atoms in total. The fourth-order valence-corrected chi connectivity index (χ4v) is 2.66. The molecule has 0 N–H and O–H groups in total. The highest BCUT2D eigenvalue weighted by Crippen LogP contribution is 2.14. The Morgan fingerprint density at radius 1 is 1.47 bits per heavy atom. The van der Waals surface area contributed by atoms with Crippen LogP contribution < -0.4 is 0 Å². The molecule has 0 aromatic carbocycles. The summed E-state index contributed by atoms with van der Waals surface area (Å²) in [7, 11) is 1.86. The van der Waals surface area contributed by atoms with Crippen molar-refractivity contribution < 1.29 is 9.53 Å². The maximum atomic E-state index is 11.9. The maximum absolute atomic E-state index is 11.9. The molecule has 0 aliphatic rings. The smallest absolute Gasteiger partial charge is 0.355 e. The number of hydrogen-bond acceptors (Lipinski definition) is 4. The molecule has 2 rings (SSSR count). The highest BCUT2D eigenvalue weighted by molar-refractivity contribution is 7.09. The van der Waals surface area contributed by atoms with Crippen LogP contribution in [0, 0.1) is 6.92 Å². The molecule has 2 aromatic rings. The first-order chi connectivity index (χ1) is 9.11. The van der Waals surface area contributed by atoms with Crippen LogP contribution in [0.5, 0.6) is 0 Å². The predicted octanol–water partition coefficient (Wildman–Crippen LogP) is 3.10. The minimum Gasteiger partial charge on any atom is -0.454 e. The van der Waals surface area contributed by atoms with Crippen LogP contribution in [0.4, 0.5) is 0 Å². The summed E-state index contributed by atoms with van der Waals surface area (Å²) in [6.45, 7) is 4.32. The van der Waals surface area contributed by atoms with Gasteiger partial charge in [0, 0.05) is 18.1 Å². The lowest BCUT2D eigenvalue weighted by Crippen LogP contribution is -2.10. The van der Waals surface area contributed by atoms with Crippen molar-refractivity contribution >= 4 is 17.3 Å². The molecule has 0 aliphatic carbocycles. The van der Waals surface area contributed by atoms with Gasteiger partial charge in [0.2, 0.25) is 0 Å². The third kappa shape index (κ3) is 3.23. The molecule has 5 heteroatoms.